The Morgan fingerprint density at radius 1 is 1.78 bits per heavy atom. The summed E-state index contributed by atoms with van der Waals surface area (Å²) in [5.41, 5.74) is 0.509. The molecule has 1 rings (SSSR count). The fraction of sp³-hybridized carbons (Fsp3) is 0.875. The van der Waals surface area contributed by atoms with Crippen LogP contribution in [0.5, 0.6) is 0 Å². The molecule has 0 bridgehead atoms. The molecule has 0 aromatic heterocycles. The van der Waals surface area contributed by atoms with Crippen LogP contribution in [0, 0.1) is 17.9 Å². The van der Waals surface area contributed by atoms with Gasteiger partial charge in [-0.1, -0.05) is 18.7 Å². The molecule has 0 aliphatic heterocycles. The van der Waals surface area contributed by atoms with Gasteiger partial charge < -0.3 is 0 Å². The number of rotatable bonds is 2. The van der Waals surface area contributed by atoms with E-state index in [1.54, 1.807) is 0 Å². The predicted octanol–water partition coefficient (Wildman–Crippen LogP) is 2.39. The number of hydrogen-bond donors (Lipinski definition) is 0. The summed E-state index contributed by atoms with van der Waals surface area (Å²) >= 11 is 0. The molecule has 0 N–H and O–H groups in total. The van der Waals surface area contributed by atoms with Crippen molar-refractivity contribution in [3.8, 4) is 6.57 Å². The van der Waals surface area contributed by atoms with Crippen LogP contribution in [0.15, 0.2) is 0 Å². The first-order valence-electron chi connectivity index (χ1n) is 3.62. The Morgan fingerprint density at radius 3 is 2.44 bits per heavy atom. The Balaban J connectivity index is 2.44. The van der Waals surface area contributed by atoms with E-state index in [4.69, 9.17) is 6.57 Å². The molecule has 0 aromatic rings. The minimum absolute atomic E-state index is 0.509. The summed E-state index contributed by atoms with van der Waals surface area (Å²) in [7, 11) is 0. The quantitative estimate of drug-likeness (QED) is 0.532. The van der Waals surface area contributed by atoms with E-state index in [9.17, 15) is 0 Å². The van der Waals surface area contributed by atoms with Crippen molar-refractivity contribution in [1.29, 1.82) is 0 Å². The van der Waals surface area contributed by atoms with Crippen LogP contribution in [0.4, 0.5) is 0 Å². The largest absolute Gasteiger partial charge is 0.269 e. The van der Waals surface area contributed by atoms with E-state index in [-0.39, 0.29) is 0 Å². The second-order valence-corrected chi connectivity index (χ2v) is 3.16. The highest BCUT2D eigenvalue weighted by atomic mass is 14.7. The highest BCUT2D eigenvalue weighted by Gasteiger charge is 2.53. The lowest BCUT2D eigenvalue weighted by molar-refractivity contribution is 0.488. The van der Waals surface area contributed by atoms with Crippen molar-refractivity contribution < 1.29 is 0 Å². The van der Waals surface area contributed by atoms with Gasteiger partial charge in [-0.3, -0.25) is 0 Å². The van der Waals surface area contributed by atoms with Crippen LogP contribution < -0.4 is 0 Å². The molecule has 1 aliphatic carbocycles. The molecule has 0 saturated heterocycles. The Kier molecular flexibility index (Phi) is 1.48. The van der Waals surface area contributed by atoms with Crippen LogP contribution in [-0.2, 0) is 0 Å². The smallest absolute Gasteiger partial charge is 0.0863 e. The molecule has 50 valence electrons. The second-order valence-electron chi connectivity index (χ2n) is 3.16. The van der Waals surface area contributed by atoms with Crippen molar-refractivity contribution in [3.63, 3.8) is 0 Å². The van der Waals surface area contributed by atoms with Gasteiger partial charge in [0.2, 0.25) is 0 Å². The second kappa shape index (κ2) is 2.02. The molecule has 0 spiro atoms. The normalized spacial score (nSPS) is 39.9. The maximum atomic E-state index is 5.12. The van der Waals surface area contributed by atoms with Gasteiger partial charge in [0.1, 0.15) is 0 Å². The molecule has 0 heterocycles. The van der Waals surface area contributed by atoms with Gasteiger partial charge in [-0.25, -0.2) is 0 Å². The molecule has 0 aromatic carbocycles. The van der Waals surface area contributed by atoms with E-state index in [2.05, 4.69) is 18.7 Å². The summed E-state index contributed by atoms with van der Waals surface area (Å²) in [6.45, 7) is 10.5. The first-order valence-corrected chi connectivity index (χ1v) is 3.62. The van der Waals surface area contributed by atoms with E-state index >= 15 is 0 Å². The molecule has 0 amide bonds. The summed E-state index contributed by atoms with van der Waals surface area (Å²) < 4.78 is 0. The van der Waals surface area contributed by atoms with Crippen LogP contribution in [0.25, 0.3) is 4.85 Å². The van der Waals surface area contributed by atoms with Crippen LogP contribution in [0.3, 0.4) is 0 Å². The van der Waals surface area contributed by atoms with Gasteiger partial charge >= 0.3 is 0 Å². The fourth-order valence-corrected chi connectivity index (χ4v) is 1.56. The maximum Gasteiger partial charge on any atom is 0.269 e. The molecule has 2 atom stereocenters. The van der Waals surface area contributed by atoms with Gasteiger partial charge in [0.15, 0.2) is 0 Å². The molecule has 1 aliphatic rings. The van der Waals surface area contributed by atoms with Gasteiger partial charge in [0, 0.05) is 5.41 Å². The van der Waals surface area contributed by atoms with Crippen molar-refractivity contribution in [2.45, 2.75) is 26.7 Å². The monoisotopic (exact) mass is 124 g/mol. The van der Waals surface area contributed by atoms with Crippen LogP contribution in [0.2, 0.25) is 0 Å². The Hall–Kier alpha value is -0.510. The molecular formula is C8H14N+. The van der Waals surface area contributed by atoms with Crippen LogP contribution >= 0.6 is 0 Å². The van der Waals surface area contributed by atoms with E-state index in [1.807, 2.05) is 0 Å². The molecule has 1 saturated carbocycles. The summed E-state index contributed by atoms with van der Waals surface area (Å²) in [6.07, 6.45) is 2.55. The van der Waals surface area contributed by atoms with Gasteiger partial charge in [0.05, 0.1) is 0 Å². The minimum atomic E-state index is 0.509. The number of hydrogen-bond acceptors (Lipinski definition) is 0. The third-order valence-corrected chi connectivity index (χ3v) is 2.71. The van der Waals surface area contributed by atoms with Gasteiger partial charge in [-0.2, -0.15) is 0 Å². The average Bonchev–Trinajstić information content (AvgIpc) is 2.45. The molecule has 1 nitrogen and oxygen atoms in total. The molecule has 9 heavy (non-hydrogen) atoms. The van der Waals surface area contributed by atoms with E-state index in [0.717, 1.165) is 12.5 Å². The first kappa shape index (κ1) is 6.61. The van der Waals surface area contributed by atoms with Crippen molar-refractivity contribution in [1.82, 2.24) is 0 Å². The van der Waals surface area contributed by atoms with E-state index < -0.39 is 0 Å². The third kappa shape index (κ3) is 0.941. The Morgan fingerprint density at radius 2 is 2.33 bits per heavy atom. The van der Waals surface area contributed by atoms with E-state index in [0.29, 0.717) is 5.41 Å². The van der Waals surface area contributed by atoms with Crippen LogP contribution in [-0.4, -0.2) is 6.54 Å². The lowest BCUT2D eigenvalue weighted by Crippen LogP contribution is -2.03. The van der Waals surface area contributed by atoms with Gasteiger partial charge in [0.25, 0.3) is 13.1 Å². The topological polar surface area (TPSA) is 4.36 Å². The average molecular weight is 124 g/mol. The summed E-state index contributed by atoms with van der Waals surface area (Å²) in [4.78, 5) is 3.69. The summed E-state index contributed by atoms with van der Waals surface area (Å²) in [6, 6.07) is 0. The molecule has 2 unspecified atom stereocenters. The molecule has 1 fully saturated rings. The summed E-state index contributed by atoms with van der Waals surface area (Å²) in [5, 5.41) is 0. The van der Waals surface area contributed by atoms with Gasteiger partial charge in [-0.15, -0.1) is 0 Å². The van der Waals surface area contributed by atoms with Gasteiger partial charge in [-0.05, 0) is 18.8 Å². The molecule has 0 radical (unpaired) electrons. The minimum Gasteiger partial charge on any atom is -0.0863 e. The number of nitrogens with zero attached hydrogens (tertiary/aromatic N) is 1. The standard InChI is InChI=1S/C8H14N/c1-4-8(6-9-3)5-7(8)2/h3,7H,4-6H2,1-2H3/q+1. The zero-order valence-electron chi connectivity index (χ0n) is 6.22. The lowest BCUT2D eigenvalue weighted by Gasteiger charge is -2.00. The summed E-state index contributed by atoms with van der Waals surface area (Å²) in [5.74, 6) is 0.856. The zero-order chi connectivity index (χ0) is 6.91. The lowest BCUT2D eigenvalue weighted by atomic mass is 10.0. The fourth-order valence-electron chi connectivity index (χ4n) is 1.56. The van der Waals surface area contributed by atoms with E-state index in [1.165, 1.54) is 12.8 Å². The van der Waals surface area contributed by atoms with Crippen molar-refractivity contribution in [3.05, 3.63) is 4.85 Å². The maximum absolute atomic E-state index is 5.12. The van der Waals surface area contributed by atoms with Crippen molar-refractivity contribution >= 4 is 0 Å². The third-order valence-electron chi connectivity index (χ3n) is 2.71. The predicted molar refractivity (Wildman–Crippen MR) is 39.7 cm³/mol. The Bertz CT molecular complexity index is 141. The Labute approximate surface area is 56.9 Å². The SMILES string of the molecule is C#[N+]CC1(CC)CC1C. The first-order chi connectivity index (χ1) is 4.25. The van der Waals surface area contributed by atoms with Crippen LogP contribution in [0.1, 0.15) is 26.7 Å². The molecule has 1 heteroatoms. The van der Waals surface area contributed by atoms with Crippen molar-refractivity contribution in [2.75, 3.05) is 6.54 Å². The zero-order valence-corrected chi connectivity index (χ0v) is 6.22. The van der Waals surface area contributed by atoms with Crippen molar-refractivity contribution in [2.24, 2.45) is 11.3 Å². The highest BCUT2D eigenvalue weighted by molar-refractivity contribution is 5.03. The molecular weight excluding hydrogens is 110 g/mol. The highest BCUT2D eigenvalue weighted by Crippen LogP contribution is 2.54.